The molecule has 0 amide bonds. The van der Waals surface area contributed by atoms with Gasteiger partial charge < -0.3 is 33.8 Å². The molecule has 5 unspecified atom stereocenters. The average Bonchev–Trinajstić information content (AvgIpc) is 0.929. The maximum Gasteiger partial charge on any atom is 0.472 e. The summed E-state index contributed by atoms with van der Waals surface area (Å²) in [6.45, 7) is 4.31. The molecule has 0 aromatic carbocycles. The van der Waals surface area contributed by atoms with Crippen LogP contribution in [-0.4, -0.2) is 96.7 Å². The monoisotopic (exact) mass is 1490 g/mol. The molecule has 19 heteroatoms. The van der Waals surface area contributed by atoms with Gasteiger partial charge in [0.2, 0.25) is 0 Å². The van der Waals surface area contributed by atoms with Gasteiger partial charge in [0.1, 0.15) is 19.3 Å². The third kappa shape index (κ3) is 74.4. The van der Waals surface area contributed by atoms with Crippen molar-refractivity contribution in [2.75, 3.05) is 39.6 Å². The topological polar surface area (TPSA) is 237 Å². The molecule has 0 aromatic heterocycles. The molecule has 0 fully saturated rings. The van der Waals surface area contributed by atoms with Gasteiger partial charge in [-0.05, 0) is 161 Å². The Bertz CT molecular complexity index is 2690. The number of allylic oxidation sites excluding steroid dienone is 30. The molecule has 0 saturated heterocycles. The summed E-state index contributed by atoms with van der Waals surface area (Å²) in [6.07, 6.45) is 90.4. The molecule has 3 N–H and O–H groups in total. The van der Waals surface area contributed by atoms with E-state index >= 15 is 0 Å². The van der Waals surface area contributed by atoms with E-state index in [-0.39, 0.29) is 25.7 Å². The van der Waals surface area contributed by atoms with Gasteiger partial charge in [0.05, 0.1) is 26.4 Å². The van der Waals surface area contributed by atoms with Crippen molar-refractivity contribution < 1.29 is 80.2 Å². The number of hydrogen-bond donors (Lipinski definition) is 3. The molecule has 0 saturated carbocycles. The van der Waals surface area contributed by atoms with E-state index in [1.54, 1.807) is 0 Å². The van der Waals surface area contributed by atoms with E-state index < -0.39 is 97.5 Å². The van der Waals surface area contributed by atoms with Crippen LogP contribution < -0.4 is 0 Å². The number of carbonyl (C=O) groups excluding carboxylic acids is 4. The summed E-state index contributed by atoms with van der Waals surface area (Å²) in [5, 5.41) is 10.6. The third-order valence-corrected chi connectivity index (χ3v) is 17.3. The van der Waals surface area contributed by atoms with Gasteiger partial charge in [-0.25, -0.2) is 9.13 Å². The second-order valence-electron chi connectivity index (χ2n) is 25.1. The summed E-state index contributed by atoms with van der Waals surface area (Å²) in [5.74, 6) is -2.36. The minimum Gasteiger partial charge on any atom is -0.462 e. The fraction of sp³-hybridized carbons (Fsp3) is 0.600. The Balaban J connectivity index is 5.45. The molecule has 104 heavy (non-hydrogen) atoms. The number of hydrogen-bond acceptors (Lipinski definition) is 15. The first kappa shape index (κ1) is 98.2. The fourth-order valence-corrected chi connectivity index (χ4v) is 11.1. The Kier molecular flexibility index (Phi) is 71.2. The van der Waals surface area contributed by atoms with Crippen molar-refractivity contribution in [2.45, 2.75) is 290 Å². The van der Waals surface area contributed by atoms with E-state index in [1.165, 1.54) is 6.42 Å². The molecule has 0 radical (unpaired) electrons. The molecular formula is C85H136O17P2. The quantitative estimate of drug-likeness (QED) is 0.0169. The number of carbonyl (C=O) groups is 4. The largest absolute Gasteiger partial charge is 0.472 e. The average molecular weight is 1490 g/mol. The normalized spacial score (nSPS) is 14.9. The van der Waals surface area contributed by atoms with Crippen molar-refractivity contribution >= 4 is 39.5 Å². The van der Waals surface area contributed by atoms with Crippen LogP contribution in [0.2, 0.25) is 0 Å². The van der Waals surface area contributed by atoms with Crippen LogP contribution in [0.25, 0.3) is 0 Å². The number of unbranched alkanes of at least 4 members (excludes halogenated alkanes) is 15. The molecule has 0 spiro atoms. The molecular weight excluding hydrogens is 1350 g/mol. The summed E-state index contributed by atoms with van der Waals surface area (Å²) in [7, 11) is -10.0. The smallest absolute Gasteiger partial charge is 0.462 e. The Morgan fingerprint density at radius 1 is 0.279 bits per heavy atom. The lowest BCUT2D eigenvalue weighted by Crippen LogP contribution is -2.30. The highest BCUT2D eigenvalue weighted by atomic mass is 31.2. The van der Waals surface area contributed by atoms with Crippen LogP contribution in [0, 0.1) is 0 Å². The van der Waals surface area contributed by atoms with E-state index in [9.17, 15) is 43.2 Å². The van der Waals surface area contributed by atoms with Gasteiger partial charge in [0.15, 0.2) is 12.2 Å². The fourth-order valence-electron chi connectivity index (χ4n) is 9.50. The maximum absolute atomic E-state index is 13.1. The highest BCUT2D eigenvalue weighted by Crippen LogP contribution is 2.45. The number of esters is 4. The number of phosphoric acid groups is 2. The van der Waals surface area contributed by atoms with Gasteiger partial charge in [-0.3, -0.25) is 37.3 Å². The van der Waals surface area contributed by atoms with Gasteiger partial charge in [-0.15, -0.1) is 0 Å². The first-order valence-corrected chi connectivity index (χ1v) is 42.0. The minimum atomic E-state index is -5.01. The van der Waals surface area contributed by atoms with Gasteiger partial charge in [0.25, 0.3) is 0 Å². The number of phosphoric ester groups is 2. The second-order valence-corrected chi connectivity index (χ2v) is 28.1. The number of rotatable bonds is 71. The van der Waals surface area contributed by atoms with Gasteiger partial charge >= 0.3 is 39.5 Å². The zero-order valence-electron chi connectivity index (χ0n) is 64.1. The van der Waals surface area contributed by atoms with Crippen LogP contribution in [0.4, 0.5) is 0 Å². The Morgan fingerprint density at radius 2 is 0.519 bits per heavy atom. The second kappa shape index (κ2) is 75.4. The van der Waals surface area contributed by atoms with Gasteiger partial charge in [0, 0.05) is 25.7 Å². The van der Waals surface area contributed by atoms with E-state index in [0.29, 0.717) is 32.1 Å². The number of aliphatic hydroxyl groups excluding tert-OH is 1. The Morgan fingerprint density at radius 3 is 0.846 bits per heavy atom. The molecule has 0 aliphatic rings. The van der Waals surface area contributed by atoms with Crippen molar-refractivity contribution in [1.82, 2.24) is 0 Å². The van der Waals surface area contributed by atoms with Crippen molar-refractivity contribution in [1.29, 1.82) is 0 Å². The maximum atomic E-state index is 13.1. The first-order valence-electron chi connectivity index (χ1n) is 39.0. The molecule has 0 aromatic rings. The molecule has 5 atom stereocenters. The Labute approximate surface area is 628 Å². The predicted molar refractivity (Wildman–Crippen MR) is 426 cm³/mol. The third-order valence-electron chi connectivity index (χ3n) is 15.4. The van der Waals surface area contributed by atoms with Crippen molar-refractivity contribution in [3.63, 3.8) is 0 Å². The standard InChI is InChI=1S/C85H136O17P2/c1-5-9-13-17-21-25-29-32-35-37-39-41-44-46-50-53-57-61-65-69-82(87)95-75-80(101-84(89)71-67-63-59-55-49-28-24-20-16-12-8-4)77-99-103(91,92)97-73-79(86)74-98-104(93,94)100-78-81(102-85(90)72-68-64-60-56-52-48-43-34-31-27-23-19-15-11-7-3)76-96-83(88)70-66-62-58-54-51-47-45-42-40-38-36-33-30-26-22-18-14-10-6-2/h9-11,13-15,20-27,32-36,39-43,46-47,50-51,58,62,79-81,86H,5-8,12,16-19,28-31,37-38,44-45,48-49,52-57,59-61,63-78H2,1-4H3,(H,91,92)(H,93,94)/b13-9-,14-10-,15-11-,24-20-,25-21-,26-22-,27-23-,35-32-,36-33-,41-39-,42-40-,43-34-,50-46-,51-47-,62-58-. The molecule has 0 heterocycles. The minimum absolute atomic E-state index is 0.0249. The van der Waals surface area contributed by atoms with Gasteiger partial charge in [-0.1, -0.05) is 268 Å². The van der Waals surface area contributed by atoms with E-state index in [4.69, 9.17) is 37.0 Å². The van der Waals surface area contributed by atoms with E-state index in [1.807, 2.05) is 18.2 Å². The molecule has 0 aliphatic heterocycles. The van der Waals surface area contributed by atoms with Crippen LogP contribution in [-0.2, 0) is 65.4 Å². The van der Waals surface area contributed by atoms with Crippen LogP contribution >= 0.6 is 15.6 Å². The summed E-state index contributed by atoms with van der Waals surface area (Å²) in [6, 6.07) is 0. The molecule has 0 bridgehead atoms. The highest BCUT2D eigenvalue weighted by Gasteiger charge is 2.30. The summed E-state index contributed by atoms with van der Waals surface area (Å²) in [4.78, 5) is 72.9. The van der Waals surface area contributed by atoms with Crippen LogP contribution in [0.5, 0.6) is 0 Å². The number of aliphatic hydroxyl groups is 1. The lowest BCUT2D eigenvalue weighted by Gasteiger charge is -2.21. The van der Waals surface area contributed by atoms with E-state index in [0.717, 1.165) is 180 Å². The summed E-state index contributed by atoms with van der Waals surface area (Å²) in [5.41, 5.74) is 0. The SMILES string of the molecule is CC/C=C\C/C=C\C/C=C\C/C=C\C/C=C\C/C=C\CCC(=O)OCC(COP(=O)(O)OCC(O)COP(=O)(O)OCC(COC(=O)CCCCC/C=C\C/C=C\C/C=C\C/C=C\C/C=C\CC)OC(=O)CCCCCCC/C=C\CCCC)OC(=O)CCCCCCC/C=C\C/C=C\C/C=C\CC. The summed E-state index contributed by atoms with van der Waals surface area (Å²) < 4.78 is 68.4. The predicted octanol–water partition coefficient (Wildman–Crippen LogP) is 22.8. The highest BCUT2D eigenvalue weighted by molar-refractivity contribution is 7.47. The van der Waals surface area contributed by atoms with Crippen LogP contribution in [0.15, 0.2) is 182 Å². The lowest BCUT2D eigenvalue weighted by molar-refractivity contribution is -0.161. The number of ether oxygens (including phenoxy) is 4. The van der Waals surface area contributed by atoms with Crippen molar-refractivity contribution in [3.05, 3.63) is 182 Å². The van der Waals surface area contributed by atoms with Crippen molar-refractivity contribution in [2.24, 2.45) is 0 Å². The summed E-state index contributed by atoms with van der Waals surface area (Å²) >= 11 is 0. The zero-order chi connectivity index (χ0) is 76.0. The molecule has 588 valence electrons. The molecule has 17 nitrogen and oxygen atoms in total. The zero-order valence-corrected chi connectivity index (χ0v) is 65.9. The van der Waals surface area contributed by atoms with Gasteiger partial charge in [-0.2, -0.15) is 0 Å². The Hall–Kier alpha value is -5.84. The molecule has 0 rings (SSSR count). The molecule has 0 aliphatic carbocycles. The lowest BCUT2D eigenvalue weighted by atomic mass is 10.1. The first-order chi connectivity index (χ1) is 50.7. The van der Waals surface area contributed by atoms with Crippen molar-refractivity contribution in [3.8, 4) is 0 Å². The van der Waals surface area contributed by atoms with Crippen LogP contribution in [0.1, 0.15) is 272 Å². The van der Waals surface area contributed by atoms with Crippen LogP contribution in [0.3, 0.4) is 0 Å². The van der Waals surface area contributed by atoms with E-state index in [2.05, 4.69) is 192 Å².